The summed E-state index contributed by atoms with van der Waals surface area (Å²) >= 11 is 0. The maximum absolute atomic E-state index is 8.63. The van der Waals surface area contributed by atoms with Crippen molar-refractivity contribution in [3.63, 3.8) is 0 Å². The molecule has 0 spiro atoms. The van der Waals surface area contributed by atoms with Crippen LogP contribution in [0, 0.1) is 0 Å². The predicted octanol–water partition coefficient (Wildman–Crippen LogP) is 2.40. The Morgan fingerprint density at radius 3 is 2.54 bits per heavy atom. The molecular formula is C9H13O3P. The molecule has 0 saturated carbocycles. The SMILES string of the molecule is CC(C)c1cccc(OP(O)O)c1. The van der Waals surface area contributed by atoms with Crippen LogP contribution in [0.5, 0.6) is 5.75 Å². The molecule has 0 heterocycles. The largest absolute Gasteiger partial charge is 0.427 e. The Balaban J connectivity index is 2.79. The molecule has 0 aliphatic carbocycles. The summed E-state index contributed by atoms with van der Waals surface area (Å²) in [6.07, 6.45) is 0. The van der Waals surface area contributed by atoms with Gasteiger partial charge in [-0.3, -0.25) is 0 Å². The molecule has 0 saturated heterocycles. The maximum Gasteiger partial charge on any atom is 0.391 e. The van der Waals surface area contributed by atoms with Gasteiger partial charge in [0.25, 0.3) is 0 Å². The normalized spacial score (nSPS) is 10.9. The van der Waals surface area contributed by atoms with Crippen LogP contribution in [0.4, 0.5) is 0 Å². The molecule has 1 aromatic carbocycles. The van der Waals surface area contributed by atoms with Crippen LogP contribution in [0.2, 0.25) is 0 Å². The highest BCUT2D eigenvalue weighted by Crippen LogP contribution is 2.30. The van der Waals surface area contributed by atoms with E-state index in [1.54, 1.807) is 6.07 Å². The van der Waals surface area contributed by atoms with E-state index >= 15 is 0 Å². The van der Waals surface area contributed by atoms with Crippen LogP contribution in [0.25, 0.3) is 0 Å². The lowest BCUT2D eigenvalue weighted by Crippen LogP contribution is -1.89. The summed E-state index contributed by atoms with van der Waals surface area (Å²) in [5, 5.41) is 0. The molecule has 4 heteroatoms. The molecule has 0 radical (unpaired) electrons. The van der Waals surface area contributed by atoms with E-state index < -0.39 is 8.60 Å². The van der Waals surface area contributed by atoms with E-state index in [-0.39, 0.29) is 0 Å². The first-order chi connectivity index (χ1) is 6.09. The third-order valence-electron chi connectivity index (χ3n) is 1.71. The molecule has 0 bridgehead atoms. The standard InChI is InChI=1S/C9H13O3P/c1-7(2)8-4-3-5-9(6-8)12-13(10)11/h3-7,10-11H,1-2H3. The minimum absolute atomic E-state index is 0.409. The van der Waals surface area contributed by atoms with E-state index in [0.29, 0.717) is 11.7 Å². The van der Waals surface area contributed by atoms with E-state index in [4.69, 9.17) is 14.3 Å². The van der Waals surface area contributed by atoms with E-state index in [1.165, 1.54) is 0 Å². The van der Waals surface area contributed by atoms with Gasteiger partial charge < -0.3 is 14.3 Å². The average Bonchev–Trinajstić information content (AvgIpc) is 2.03. The van der Waals surface area contributed by atoms with Crippen molar-refractivity contribution in [3.8, 4) is 5.75 Å². The average molecular weight is 200 g/mol. The van der Waals surface area contributed by atoms with Crippen molar-refractivity contribution < 1.29 is 14.3 Å². The predicted molar refractivity (Wildman–Crippen MR) is 52.5 cm³/mol. The Morgan fingerprint density at radius 2 is 2.00 bits per heavy atom. The molecule has 0 fully saturated rings. The number of hydrogen-bond donors (Lipinski definition) is 2. The van der Waals surface area contributed by atoms with Gasteiger partial charge in [-0.25, -0.2) is 0 Å². The third kappa shape index (κ3) is 3.31. The van der Waals surface area contributed by atoms with Gasteiger partial charge >= 0.3 is 8.60 Å². The van der Waals surface area contributed by atoms with Gasteiger partial charge in [0.05, 0.1) is 0 Å². The Hall–Kier alpha value is -0.630. The van der Waals surface area contributed by atoms with Gasteiger partial charge in [-0.1, -0.05) is 26.0 Å². The second-order valence-corrected chi connectivity index (χ2v) is 3.76. The monoisotopic (exact) mass is 200 g/mol. The highest BCUT2D eigenvalue weighted by atomic mass is 31.2. The first-order valence-corrected chi connectivity index (χ1v) is 5.22. The molecule has 1 aromatic rings. The lowest BCUT2D eigenvalue weighted by atomic mass is 10.0. The maximum atomic E-state index is 8.63. The topological polar surface area (TPSA) is 49.7 Å². The molecule has 0 unspecified atom stereocenters. The number of benzene rings is 1. The molecule has 3 nitrogen and oxygen atoms in total. The van der Waals surface area contributed by atoms with Gasteiger partial charge in [-0.15, -0.1) is 0 Å². The van der Waals surface area contributed by atoms with Gasteiger partial charge in [-0.05, 0) is 23.6 Å². The molecule has 1 rings (SSSR count). The minimum Gasteiger partial charge on any atom is -0.427 e. The number of hydrogen-bond acceptors (Lipinski definition) is 3. The fourth-order valence-electron chi connectivity index (χ4n) is 1.02. The summed E-state index contributed by atoms with van der Waals surface area (Å²) in [6, 6.07) is 7.33. The Kier molecular flexibility index (Phi) is 3.67. The zero-order valence-electron chi connectivity index (χ0n) is 7.64. The van der Waals surface area contributed by atoms with Crippen LogP contribution in [-0.2, 0) is 0 Å². The lowest BCUT2D eigenvalue weighted by molar-refractivity contribution is 0.375. The molecule has 2 N–H and O–H groups in total. The minimum atomic E-state index is -2.31. The number of rotatable bonds is 3. The summed E-state index contributed by atoms with van der Waals surface area (Å²) in [5.74, 6) is 0.912. The molecule has 72 valence electrons. The Morgan fingerprint density at radius 1 is 1.31 bits per heavy atom. The van der Waals surface area contributed by atoms with Gasteiger partial charge in [0.15, 0.2) is 0 Å². The van der Waals surface area contributed by atoms with Crippen LogP contribution in [0.15, 0.2) is 24.3 Å². The summed E-state index contributed by atoms with van der Waals surface area (Å²) in [5.41, 5.74) is 1.12. The molecular weight excluding hydrogens is 187 g/mol. The van der Waals surface area contributed by atoms with Crippen LogP contribution in [0.1, 0.15) is 25.3 Å². The van der Waals surface area contributed by atoms with Gasteiger partial charge in [0, 0.05) is 0 Å². The Bertz CT molecular complexity index is 273. The van der Waals surface area contributed by atoms with Gasteiger partial charge in [0.1, 0.15) is 5.75 Å². The van der Waals surface area contributed by atoms with Gasteiger partial charge in [0.2, 0.25) is 0 Å². The first kappa shape index (κ1) is 10.5. The molecule has 0 aliphatic heterocycles. The second kappa shape index (κ2) is 4.56. The fourth-order valence-corrected chi connectivity index (χ4v) is 1.33. The lowest BCUT2D eigenvalue weighted by Gasteiger charge is -2.09. The van der Waals surface area contributed by atoms with Crippen molar-refractivity contribution in [2.24, 2.45) is 0 Å². The second-order valence-electron chi connectivity index (χ2n) is 3.07. The van der Waals surface area contributed by atoms with Crippen LogP contribution in [-0.4, -0.2) is 9.79 Å². The molecule has 0 amide bonds. The molecule has 0 aromatic heterocycles. The summed E-state index contributed by atoms with van der Waals surface area (Å²) in [6.45, 7) is 4.14. The zero-order valence-corrected chi connectivity index (χ0v) is 8.53. The molecule has 0 atom stereocenters. The van der Waals surface area contributed by atoms with Crippen LogP contribution >= 0.6 is 8.60 Å². The van der Waals surface area contributed by atoms with Crippen molar-refractivity contribution in [1.82, 2.24) is 0 Å². The van der Waals surface area contributed by atoms with Crippen molar-refractivity contribution >= 4 is 8.60 Å². The highest BCUT2D eigenvalue weighted by Gasteiger charge is 2.04. The van der Waals surface area contributed by atoms with E-state index in [9.17, 15) is 0 Å². The Labute approximate surface area is 79.0 Å². The molecule has 0 aliphatic rings. The summed E-state index contributed by atoms with van der Waals surface area (Å²) in [7, 11) is -2.31. The summed E-state index contributed by atoms with van der Waals surface area (Å²) in [4.78, 5) is 17.3. The smallest absolute Gasteiger partial charge is 0.391 e. The third-order valence-corrected chi connectivity index (χ3v) is 2.09. The fraction of sp³-hybridized carbons (Fsp3) is 0.333. The summed E-state index contributed by atoms with van der Waals surface area (Å²) < 4.78 is 4.78. The van der Waals surface area contributed by atoms with E-state index in [0.717, 1.165) is 5.56 Å². The van der Waals surface area contributed by atoms with Crippen LogP contribution in [0.3, 0.4) is 0 Å². The molecule has 13 heavy (non-hydrogen) atoms. The van der Waals surface area contributed by atoms with Crippen molar-refractivity contribution in [2.45, 2.75) is 19.8 Å². The van der Waals surface area contributed by atoms with Crippen molar-refractivity contribution in [2.75, 3.05) is 0 Å². The van der Waals surface area contributed by atoms with Crippen molar-refractivity contribution in [3.05, 3.63) is 29.8 Å². The quantitative estimate of drug-likeness (QED) is 0.736. The van der Waals surface area contributed by atoms with Gasteiger partial charge in [-0.2, -0.15) is 0 Å². The van der Waals surface area contributed by atoms with E-state index in [2.05, 4.69) is 13.8 Å². The highest BCUT2D eigenvalue weighted by molar-refractivity contribution is 7.39. The zero-order chi connectivity index (χ0) is 9.84. The first-order valence-electron chi connectivity index (χ1n) is 4.05. The van der Waals surface area contributed by atoms with Crippen LogP contribution < -0.4 is 4.52 Å². The van der Waals surface area contributed by atoms with Crippen molar-refractivity contribution in [1.29, 1.82) is 0 Å². The van der Waals surface area contributed by atoms with E-state index in [1.807, 2.05) is 18.2 Å².